The molecule has 0 bridgehead atoms. The van der Waals surface area contributed by atoms with E-state index in [4.69, 9.17) is 11.6 Å². The molecule has 11 heteroatoms. The molecule has 7 nitrogen and oxygen atoms in total. The lowest BCUT2D eigenvalue weighted by molar-refractivity contribution is 0.0916. The highest BCUT2D eigenvalue weighted by Gasteiger charge is 2.24. The van der Waals surface area contributed by atoms with Gasteiger partial charge in [0.05, 0.1) is 24.0 Å². The van der Waals surface area contributed by atoms with Gasteiger partial charge in [0.1, 0.15) is 5.52 Å². The van der Waals surface area contributed by atoms with Crippen molar-refractivity contribution in [2.45, 2.75) is 37.8 Å². The van der Waals surface area contributed by atoms with E-state index in [2.05, 4.69) is 25.3 Å². The number of halogens is 3. The number of aromatic nitrogens is 5. The fourth-order valence-corrected chi connectivity index (χ4v) is 3.17. The average molecular weight is 427 g/mol. The van der Waals surface area contributed by atoms with Gasteiger partial charge >= 0.3 is 0 Å². The van der Waals surface area contributed by atoms with Gasteiger partial charge in [-0.1, -0.05) is 0 Å². The van der Waals surface area contributed by atoms with Crippen LogP contribution in [0.25, 0.3) is 11.2 Å². The lowest BCUT2D eigenvalue weighted by Crippen LogP contribution is -2.31. The minimum atomic E-state index is -2.77. The monoisotopic (exact) mass is 426 g/mol. The number of fused-ring (bicyclic) bond motifs is 1. The molecule has 1 unspecified atom stereocenters. The summed E-state index contributed by atoms with van der Waals surface area (Å²) in [6.45, 7) is 3.07. The van der Waals surface area contributed by atoms with Crippen molar-refractivity contribution in [3.8, 4) is 0 Å². The molecule has 0 aliphatic carbocycles. The van der Waals surface area contributed by atoms with E-state index in [1.54, 1.807) is 24.9 Å². The number of anilines is 1. The summed E-state index contributed by atoms with van der Waals surface area (Å²) in [6, 6.07) is 2.30. The van der Waals surface area contributed by atoms with Gasteiger partial charge < -0.3 is 5.32 Å². The summed E-state index contributed by atoms with van der Waals surface area (Å²) in [7, 11) is 0. The Morgan fingerprint density at radius 2 is 2.04 bits per heavy atom. The van der Waals surface area contributed by atoms with Crippen molar-refractivity contribution >= 4 is 40.3 Å². The molecule has 0 saturated carbocycles. The van der Waals surface area contributed by atoms with E-state index in [1.807, 2.05) is 18.4 Å². The van der Waals surface area contributed by atoms with Gasteiger partial charge in [0.25, 0.3) is 12.0 Å². The summed E-state index contributed by atoms with van der Waals surface area (Å²) in [4.78, 5) is 30.4. The largest absolute Gasteiger partial charge is 0.360 e. The first kappa shape index (κ1) is 20.4. The molecule has 0 aliphatic heterocycles. The molecule has 1 N–H and O–H groups in total. The van der Waals surface area contributed by atoms with Crippen molar-refractivity contribution in [2.24, 2.45) is 0 Å². The number of nitrogens with zero attached hydrogens (tertiary/aromatic N) is 5. The minimum Gasteiger partial charge on any atom is -0.360 e. The van der Waals surface area contributed by atoms with Gasteiger partial charge in [0, 0.05) is 11.1 Å². The predicted molar refractivity (Wildman–Crippen MR) is 105 cm³/mol. The van der Waals surface area contributed by atoms with Gasteiger partial charge in [-0.3, -0.25) is 14.3 Å². The van der Waals surface area contributed by atoms with E-state index in [-0.39, 0.29) is 28.8 Å². The molecule has 0 aliphatic rings. The zero-order chi connectivity index (χ0) is 20.4. The normalized spacial score (nSPS) is 12.5. The van der Waals surface area contributed by atoms with E-state index in [9.17, 15) is 13.6 Å². The molecule has 3 aromatic heterocycles. The first-order valence-electron chi connectivity index (χ1n) is 8.29. The Bertz CT molecular complexity index is 1060. The molecule has 0 amide bonds. The number of pyridine rings is 1. The van der Waals surface area contributed by atoms with Crippen LogP contribution in [-0.4, -0.2) is 37.2 Å². The van der Waals surface area contributed by atoms with Crippen molar-refractivity contribution in [2.75, 3.05) is 11.6 Å². The fraction of sp³-hybridized carbons (Fsp3) is 0.353. The van der Waals surface area contributed by atoms with Crippen LogP contribution in [0.3, 0.4) is 0 Å². The summed E-state index contributed by atoms with van der Waals surface area (Å²) >= 11 is 7.42. The molecule has 0 aromatic carbocycles. The second kappa shape index (κ2) is 8.36. The lowest BCUT2D eigenvalue weighted by atomic mass is 10.3. The molecule has 0 spiro atoms. The van der Waals surface area contributed by atoms with Crippen LogP contribution in [0.15, 0.2) is 28.0 Å². The van der Waals surface area contributed by atoms with Crippen LogP contribution >= 0.6 is 23.4 Å². The molecule has 148 valence electrons. The zero-order valence-corrected chi connectivity index (χ0v) is 16.9. The molecule has 0 radical (unpaired) electrons. The van der Waals surface area contributed by atoms with Crippen molar-refractivity contribution in [1.82, 2.24) is 24.5 Å². The standard InChI is InChI=1S/C17H17ClF2N6OS/c1-8-12-15(25-17(18)23-8)26(9(2)13(19)20)16(27)14(24-12)22-6-10-4-5-11(28-3)7-21-10/h4-5,7,9,13H,6H2,1-3H3,(H,22,24). The second-order valence-electron chi connectivity index (χ2n) is 6.00. The summed E-state index contributed by atoms with van der Waals surface area (Å²) in [5.41, 5.74) is 0.551. The van der Waals surface area contributed by atoms with Crippen molar-refractivity contribution in [3.63, 3.8) is 0 Å². The Hall–Kier alpha value is -2.33. The molecule has 3 rings (SSSR count). The molecule has 0 fully saturated rings. The third-order valence-electron chi connectivity index (χ3n) is 4.13. The third-order valence-corrected chi connectivity index (χ3v) is 5.01. The van der Waals surface area contributed by atoms with E-state index in [0.29, 0.717) is 11.4 Å². The molecule has 1 atom stereocenters. The first-order chi connectivity index (χ1) is 13.3. The van der Waals surface area contributed by atoms with Gasteiger partial charge in [-0.2, -0.15) is 4.98 Å². The Kier molecular flexibility index (Phi) is 6.09. The highest BCUT2D eigenvalue weighted by atomic mass is 35.5. The van der Waals surface area contributed by atoms with Crippen LogP contribution in [0.2, 0.25) is 5.28 Å². The highest BCUT2D eigenvalue weighted by molar-refractivity contribution is 7.98. The molecule has 28 heavy (non-hydrogen) atoms. The number of hydrogen-bond donors (Lipinski definition) is 1. The molecule has 3 heterocycles. The minimum absolute atomic E-state index is 0.0247. The third kappa shape index (κ3) is 4.07. The van der Waals surface area contributed by atoms with Crippen molar-refractivity contribution < 1.29 is 8.78 Å². The van der Waals surface area contributed by atoms with Crippen LogP contribution < -0.4 is 10.9 Å². The number of thioether (sulfide) groups is 1. The van der Waals surface area contributed by atoms with Crippen LogP contribution in [0.1, 0.15) is 24.4 Å². The topological polar surface area (TPSA) is 85.6 Å². The van der Waals surface area contributed by atoms with Crippen LogP contribution in [0.5, 0.6) is 0 Å². The molecule has 3 aromatic rings. The maximum Gasteiger partial charge on any atom is 0.295 e. The quantitative estimate of drug-likeness (QED) is 0.475. The van der Waals surface area contributed by atoms with Gasteiger partial charge in [-0.15, -0.1) is 11.8 Å². The predicted octanol–water partition coefficient (Wildman–Crippen LogP) is 3.70. The number of aryl methyl sites for hydroxylation is 1. The summed E-state index contributed by atoms with van der Waals surface area (Å²) in [6.07, 6.45) is 0.884. The first-order valence-corrected chi connectivity index (χ1v) is 9.89. The summed E-state index contributed by atoms with van der Waals surface area (Å²) in [5, 5.41) is 2.75. The van der Waals surface area contributed by atoms with Crippen molar-refractivity contribution in [1.29, 1.82) is 0 Å². The van der Waals surface area contributed by atoms with E-state index < -0.39 is 18.0 Å². The Morgan fingerprint density at radius 1 is 1.29 bits per heavy atom. The van der Waals surface area contributed by atoms with Gasteiger partial charge in [-0.05, 0) is 43.8 Å². The molecule has 0 saturated heterocycles. The van der Waals surface area contributed by atoms with E-state index in [1.165, 1.54) is 6.92 Å². The Balaban J connectivity index is 2.06. The van der Waals surface area contributed by atoms with Crippen LogP contribution in [0.4, 0.5) is 14.6 Å². The average Bonchev–Trinajstić information content (AvgIpc) is 2.66. The Morgan fingerprint density at radius 3 is 2.64 bits per heavy atom. The fourth-order valence-electron chi connectivity index (χ4n) is 2.60. The van der Waals surface area contributed by atoms with Gasteiger partial charge in [0.15, 0.2) is 11.5 Å². The van der Waals surface area contributed by atoms with Gasteiger partial charge in [0.2, 0.25) is 5.28 Å². The number of alkyl halides is 2. The highest BCUT2D eigenvalue weighted by Crippen LogP contribution is 2.22. The maximum atomic E-state index is 13.4. The molecular weight excluding hydrogens is 410 g/mol. The Labute approximate surface area is 168 Å². The van der Waals surface area contributed by atoms with E-state index >= 15 is 0 Å². The number of rotatable bonds is 6. The van der Waals surface area contributed by atoms with Crippen molar-refractivity contribution in [3.05, 3.63) is 45.4 Å². The van der Waals surface area contributed by atoms with Gasteiger partial charge in [-0.25, -0.2) is 18.7 Å². The summed E-state index contributed by atoms with van der Waals surface area (Å²) in [5.74, 6) is -0.0789. The molecular formula is C17H17ClF2N6OS. The van der Waals surface area contributed by atoms with E-state index in [0.717, 1.165) is 9.46 Å². The van der Waals surface area contributed by atoms with Crippen LogP contribution in [-0.2, 0) is 6.54 Å². The smallest absolute Gasteiger partial charge is 0.295 e. The SMILES string of the molecule is CSc1ccc(CNc2nc3c(C)nc(Cl)nc3n(C(C)C(F)F)c2=O)nc1. The van der Waals surface area contributed by atoms with Crippen LogP contribution in [0, 0.1) is 6.92 Å². The second-order valence-corrected chi connectivity index (χ2v) is 7.22. The number of hydrogen-bond acceptors (Lipinski definition) is 7. The summed E-state index contributed by atoms with van der Waals surface area (Å²) < 4.78 is 27.7. The number of nitrogens with one attached hydrogen (secondary N) is 1. The zero-order valence-electron chi connectivity index (χ0n) is 15.3. The maximum absolute atomic E-state index is 13.4. The lowest BCUT2D eigenvalue weighted by Gasteiger charge is -2.18.